The fourth-order valence-corrected chi connectivity index (χ4v) is 2.78. The van der Waals surface area contributed by atoms with Crippen LogP contribution in [0.4, 0.5) is 0 Å². The Morgan fingerprint density at radius 3 is 2.25 bits per heavy atom. The molecule has 0 aromatic rings. The highest BCUT2D eigenvalue weighted by Gasteiger charge is 2.09. The Bertz CT molecular complexity index is 148. The lowest BCUT2D eigenvalue weighted by molar-refractivity contribution is 0.469. The topological polar surface area (TPSA) is 12.0 Å². The molecule has 2 unspecified atom stereocenters. The van der Waals surface area contributed by atoms with Gasteiger partial charge in [0.2, 0.25) is 0 Å². The Labute approximate surface area is 107 Å². The van der Waals surface area contributed by atoms with Crippen molar-refractivity contribution in [1.29, 1.82) is 0 Å². The highest BCUT2D eigenvalue weighted by Crippen LogP contribution is 2.17. The predicted molar refractivity (Wildman–Crippen MR) is 78.4 cm³/mol. The highest BCUT2D eigenvalue weighted by atomic mass is 32.2. The Balaban J connectivity index is 3.69. The normalized spacial score (nSPS) is 15.4. The fraction of sp³-hybridized carbons (Fsp3) is 1.00. The largest absolute Gasteiger partial charge is 0.313 e. The van der Waals surface area contributed by atoms with E-state index in [0.29, 0.717) is 0 Å². The number of hydrogen-bond donors (Lipinski definition) is 1. The molecule has 0 amide bonds. The van der Waals surface area contributed by atoms with Crippen molar-refractivity contribution in [2.45, 2.75) is 71.6 Å². The maximum Gasteiger partial charge on any atom is 0.0158 e. The van der Waals surface area contributed by atoms with Gasteiger partial charge in [-0.15, -0.1) is 0 Å². The Morgan fingerprint density at radius 1 is 1.06 bits per heavy atom. The van der Waals surface area contributed by atoms with E-state index in [0.717, 1.165) is 23.8 Å². The average Bonchev–Trinajstić information content (AvgIpc) is 2.24. The van der Waals surface area contributed by atoms with Gasteiger partial charge < -0.3 is 5.32 Å². The van der Waals surface area contributed by atoms with Gasteiger partial charge in [-0.05, 0) is 25.3 Å². The van der Waals surface area contributed by atoms with E-state index < -0.39 is 0 Å². The maximum atomic E-state index is 3.61. The number of rotatable bonds is 10. The van der Waals surface area contributed by atoms with Crippen LogP contribution in [0.15, 0.2) is 0 Å². The SMILES string of the molecule is CCNC(CCCC(C)C)CSC(C)CC. The molecule has 0 aliphatic rings. The van der Waals surface area contributed by atoms with Crippen LogP contribution in [0.2, 0.25) is 0 Å². The van der Waals surface area contributed by atoms with Crippen LogP contribution in [0.1, 0.15) is 60.3 Å². The molecule has 0 saturated heterocycles. The van der Waals surface area contributed by atoms with E-state index in [9.17, 15) is 0 Å². The monoisotopic (exact) mass is 245 g/mol. The third-order valence-electron chi connectivity index (χ3n) is 2.98. The van der Waals surface area contributed by atoms with Gasteiger partial charge in [0.1, 0.15) is 0 Å². The molecule has 0 bridgehead atoms. The van der Waals surface area contributed by atoms with Crippen LogP contribution >= 0.6 is 11.8 Å². The quantitative estimate of drug-likeness (QED) is 0.615. The van der Waals surface area contributed by atoms with Crippen LogP contribution in [-0.4, -0.2) is 23.6 Å². The molecule has 2 heteroatoms. The summed E-state index contributed by atoms with van der Waals surface area (Å²) in [6.45, 7) is 12.6. The Kier molecular flexibility index (Phi) is 10.7. The molecule has 1 N–H and O–H groups in total. The van der Waals surface area contributed by atoms with Gasteiger partial charge >= 0.3 is 0 Å². The number of hydrogen-bond acceptors (Lipinski definition) is 2. The summed E-state index contributed by atoms with van der Waals surface area (Å²) in [7, 11) is 0. The van der Waals surface area contributed by atoms with Gasteiger partial charge in [0.25, 0.3) is 0 Å². The molecule has 0 saturated carbocycles. The minimum absolute atomic E-state index is 0.725. The van der Waals surface area contributed by atoms with Crippen LogP contribution in [0.5, 0.6) is 0 Å². The van der Waals surface area contributed by atoms with Gasteiger partial charge in [0.05, 0.1) is 0 Å². The zero-order valence-electron chi connectivity index (χ0n) is 11.9. The van der Waals surface area contributed by atoms with Crippen molar-refractivity contribution in [3.05, 3.63) is 0 Å². The summed E-state index contributed by atoms with van der Waals surface area (Å²) in [6, 6.07) is 0.725. The molecule has 0 heterocycles. The van der Waals surface area contributed by atoms with Crippen molar-refractivity contribution in [1.82, 2.24) is 5.32 Å². The van der Waals surface area contributed by atoms with Crippen LogP contribution < -0.4 is 5.32 Å². The standard InChI is InChI=1S/C14H31NS/c1-6-13(5)16-11-14(15-7-2)10-8-9-12(3)4/h12-15H,6-11H2,1-5H3. The molecule has 0 radical (unpaired) electrons. The third-order valence-corrected chi connectivity index (χ3v) is 4.48. The van der Waals surface area contributed by atoms with Crippen molar-refractivity contribution in [2.24, 2.45) is 5.92 Å². The summed E-state index contributed by atoms with van der Waals surface area (Å²) in [4.78, 5) is 0. The molecule has 0 aromatic heterocycles. The van der Waals surface area contributed by atoms with E-state index in [-0.39, 0.29) is 0 Å². The van der Waals surface area contributed by atoms with Crippen molar-refractivity contribution in [3.8, 4) is 0 Å². The molecule has 0 aliphatic heterocycles. The van der Waals surface area contributed by atoms with Gasteiger partial charge in [-0.2, -0.15) is 11.8 Å². The third kappa shape index (κ3) is 9.53. The van der Waals surface area contributed by atoms with E-state index in [1.807, 2.05) is 0 Å². The molecule has 0 aromatic carbocycles. The van der Waals surface area contributed by atoms with Gasteiger partial charge in [-0.1, -0.05) is 47.5 Å². The molecule has 1 nitrogen and oxygen atoms in total. The highest BCUT2D eigenvalue weighted by molar-refractivity contribution is 7.99. The van der Waals surface area contributed by atoms with Gasteiger partial charge in [-0.25, -0.2) is 0 Å². The first-order valence-corrected chi connectivity index (χ1v) is 7.99. The van der Waals surface area contributed by atoms with Gasteiger partial charge in [-0.3, -0.25) is 0 Å². The van der Waals surface area contributed by atoms with Crippen molar-refractivity contribution >= 4 is 11.8 Å². The summed E-state index contributed by atoms with van der Waals surface area (Å²) in [5.74, 6) is 2.13. The Hall–Kier alpha value is 0.310. The van der Waals surface area contributed by atoms with Crippen molar-refractivity contribution in [3.63, 3.8) is 0 Å². The zero-order chi connectivity index (χ0) is 12.4. The smallest absolute Gasteiger partial charge is 0.0158 e. The molecular formula is C14H31NS. The van der Waals surface area contributed by atoms with Crippen molar-refractivity contribution in [2.75, 3.05) is 12.3 Å². The van der Waals surface area contributed by atoms with E-state index in [2.05, 4.69) is 51.7 Å². The average molecular weight is 245 g/mol. The summed E-state index contributed by atoms with van der Waals surface area (Å²) >= 11 is 2.12. The van der Waals surface area contributed by atoms with E-state index in [4.69, 9.17) is 0 Å². The van der Waals surface area contributed by atoms with E-state index in [1.165, 1.54) is 31.4 Å². The van der Waals surface area contributed by atoms with Gasteiger partial charge in [0, 0.05) is 17.0 Å². The molecule has 98 valence electrons. The molecule has 0 fully saturated rings. The van der Waals surface area contributed by atoms with E-state index >= 15 is 0 Å². The van der Waals surface area contributed by atoms with Crippen molar-refractivity contribution < 1.29 is 0 Å². The first-order valence-electron chi connectivity index (χ1n) is 6.95. The summed E-state index contributed by atoms with van der Waals surface area (Å²) in [6.07, 6.45) is 5.37. The fourth-order valence-electron chi connectivity index (χ4n) is 1.70. The molecule has 0 rings (SSSR count). The van der Waals surface area contributed by atoms with Crippen LogP contribution in [0.25, 0.3) is 0 Å². The molecule has 2 atom stereocenters. The lowest BCUT2D eigenvalue weighted by Gasteiger charge is -2.19. The first kappa shape index (κ1) is 16.3. The Morgan fingerprint density at radius 2 is 1.75 bits per heavy atom. The molecule has 0 spiro atoms. The number of nitrogens with one attached hydrogen (secondary N) is 1. The zero-order valence-corrected chi connectivity index (χ0v) is 12.7. The minimum atomic E-state index is 0.725. The maximum absolute atomic E-state index is 3.61. The molecule has 0 aliphatic carbocycles. The van der Waals surface area contributed by atoms with Crippen LogP contribution in [-0.2, 0) is 0 Å². The van der Waals surface area contributed by atoms with E-state index in [1.54, 1.807) is 0 Å². The second-order valence-electron chi connectivity index (χ2n) is 5.13. The van der Waals surface area contributed by atoms with Crippen LogP contribution in [0, 0.1) is 5.92 Å². The lowest BCUT2D eigenvalue weighted by atomic mass is 10.0. The first-order chi connectivity index (χ1) is 7.60. The summed E-state index contributed by atoms with van der Waals surface area (Å²) in [5, 5.41) is 4.43. The second-order valence-corrected chi connectivity index (χ2v) is 6.60. The minimum Gasteiger partial charge on any atom is -0.313 e. The molecule has 16 heavy (non-hydrogen) atoms. The van der Waals surface area contributed by atoms with Crippen LogP contribution in [0.3, 0.4) is 0 Å². The lowest BCUT2D eigenvalue weighted by Crippen LogP contribution is -2.31. The summed E-state index contributed by atoms with van der Waals surface area (Å²) in [5.41, 5.74) is 0. The summed E-state index contributed by atoms with van der Waals surface area (Å²) < 4.78 is 0. The second kappa shape index (κ2) is 10.5. The molecular weight excluding hydrogens is 214 g/mol. The number of thioether (sulfide) groups is 1. The van der Waals surface area contributed by atoms with Gasteiger partial charge in [0.15, 0.2) is 0 Å². The predicted octanol–water partition coefficient (Wildman–Crippen LogP) is 4.32.